The molecule has 1 aromatic heterocycles. The van der Waals surface area contributed by atoms with Crippen molar-refractivity contribution in [3.05, 3.63) is 22.6 Å². The van der Waals surface area contributed by atoms with E-state index in [2.05, 4.69) is 5.32 Å². The molecule has 0 bridgehead atoms. The molecule has 5 heteroatoms. The van der Waals surface area contributed by atoms with Gasteiger partial charge in [-0.1, -0.05) is 6.92 Å². The smallest absolute Gasteiger partial charge is 0.389 e. The molecule has 1 atom stereocenters. The van der Waals surface area contributed by atoms with Crippen molar-refractivity contribution in [2.75, 3.05) is 6.54 Å². The highest BCUT2D eigenvalue weighted by Crippen LogP contribution is 2.32. The van der Waals surface area contributed by atoms with E-state index in [0.29, 0.717) is 6.42 Å². The second kappa shape index (κ2) is 7.16. The van der Waals surface area contributed by atoms with Crippen LogP contribution in [0, 0.1) is 20.8 Å². The number of furan rings is 1. The van der Waals surface area contributed by atoms with Gasteiger partial charge < -0.3 is 9.73 Å². The Balaban J connectivity index is 2.78. The molecule has 0 saturated heterocycles. The van der Waals surface area contributed by atoms with Gasteiger partial charge in [0.05, 0.1) is 0 Å². The molecule has 2 nitrogen and oxygen atoms in total. The van der Waals surface area contributed by atoms with Crippen molar-refractivity contribution >= 4 is 0 Å². The lowest BCUT2D eigenvalue weighted by molar-refractivity contribution is -0.135. The third-order valence-electron chi connectivity index (χ3n) is 3.56. The molecule has 0 aromatic carbocycles. The van der Waals surface area contributed by atoms with Crippen LogP contribution >= 0.6 is 0 Å². The van der Waals surface area contributed by atoms with Crippen LogP contribution in [0.5, 0.6) is 0 Å². The minimum absolute atomic E-state index is 0.0604. The summed E-state index contributed by atoms with van der Waals surface area (Å²) in [6.45, 7) is 8.56. The molecule has 0 aliphatic carbocycles. The van der Waals surface area contributed by atoms with Crippen LogP contribution in [-0.4, -0.2) is 12.7 Å². The summed E-state index contributed by atoms with van der Waals surface area (Å²) in [4.78, 5) is 0. The Bertz CT molecular complexity index is 423. The largest absolute Gasteiger partial charge is 0.466 e. The number of rotatable bonds is 7. The average Bonchev–Trinajstić information content (AvgIpc) is 2.57. The number of halogens is 3. The van der Waals surface area contributed by atoms with Gasteiger partial charge in [0.15, 0.2) is 0 Å². The van der Waals surface area contributed by atoms with E-state index >= 15 is 0 Å². The lowest BCUT2D eigenvalue weighted by atomic mass is 9.97. The molecule has 1 unspecified atom stereocenters. The van der Waals surface area contributed by atoms with Crippen LogP contribution in [0.3, 0.4) is 0 Å². The van der Waals surface area contributed by atoms with Gasteiger partial charge in [-0.25, -0.2) is 0 Å². The van der Waals surface area contributed by atoms with Gasteiger partial charge in [0, 0.05) is 18.0 Å². The number of hydrogen-bond donors (Lipinski definition) is 1. The molecule has 1 heterocycles. The van der Waals surface area contributed by atoms with E-state index in [-0.39, 0.29) is 12.5 Å². The Morgan fingerprint density at radius 2 is 1.80 bits per heavy atom. The molecule has 0 fully saturated rings. The van der Waals surface area contributed by atoms with E-state index in [0.717, 1.165) is 35.6 Å². The Hall–Kier alpha value is -0.970. The van der Waals surface area contributed by atoms with Crippen molar-refractivity contribution in [3.8, 4) is 0 Å². The molecule has 1 aromatic rings. The summed E-state index contributed by atoms with van der Waals surface area (Å²) >= 11 is 0. The zero-order valence-electron chi connectivity index (χ0n) is 12.7. The van der Waals surface area contributed by atoms with Crippen molar-refractivity contribution in [1.82, 2.24) is 5.32 Å². The van der Waals surface area contributed by atoms with Crippen molar-refractivity contribution in [3.63, 3.8) is 0 Å². The van der Waals surface area contributed by atoms with Crippen LogP contribution in [0.1, 0.15) is 61.3 Å². The number of alkyl halides is 3. The van der Waals surface area contributed by atoms with Crippen LogP contribution in [0.4, 0.5) is 13.2 Å². The lowest BCUT2D eigenvalue weighted by Gasteiger charge is -2.19. The van der Waals surface area contributed by atoms with Gasteiger partial charge >= 0.3 is 6.18 Å². The normalized spacial score (nSPS) is 13.8. The predicted octanol–water partition coefficient (Wildman–Crippen LogP) is 4.98. The topological polar surface area (TPSA) is 25.2 Å². The first-order chi connectivity index (χ1) is 9.26. The van der Waals surface area contributed by atoms with Crippen molar-refractivity contribution in [2.45, 2.75) is 65.6 Å². The first-order valence-electron chi connectivity index (χ1n) is 7.13. The fourth-order valence-corrected chi connectivity index (χ4v) is 2.50. The molecule has 0 saturated carbocycles. The minimum Gasteiger partial charge on any atom is -0.466 e. The Morgan fingerprint density at radius 1 is 1.15 bits per heavy atom. The Labute approximate surface area is 118 Å². The van der Waals surface area contributed by atoms with Crippen LogP contribution in [-0.2, 0) is 0 Å². The molecule has 116 valence electrons. The summed E-state index contributed by atoms with van der Waals surface area (Å²) in [6.07, 6.45) is -3.25. The van der Waals surface area contributed by atoms with E-state index in [4.69, 9.17) is 4.42 Å². The third kappa shape index (κ3) is 4.85. The SMILES string of the molecule is CCCNC(CCCC(F)(F)F)c1c(C)oc(C)c1C. The maximum Gasteiger partial charge on any atom is 0.389 e. The fraction of sp³-hybridized carbons (Fsp3) is 0.733. The monoisotopic (exact) mass is 291 g/mol. The van der Waals surface area contributed by atoms with Gasteiger partial charge in [0.25, 0.3) is 0 Å². The number of nitrogens with one attached hydrogen (secondary N) is 1. The van der Waals surface area contributed by atoms with Gasteiger partial charge in [-0.3, -0.25) is 0 Å². The summed E-state index contributed by atoms with van der Waals surface area (Å²) in [5, 5.41) is 3.34. The second-order valence-corrected chi connectivity index (χ2v) is 5.27. The molecular weight excluding hydrogens is 267 g/mol. The molecule has 0 radical (unpaired) electrons. The summed E-state index contributed by atoms with van der Waals surface area (Å²) in [7, 11) is 0. The maximum absolute atomic E-state index is 12.3. The highest BCUT2D eigenvalue weighted by atomic mass is 19.4. The first-order valence-corrected chi connectivity index (χ1v) is 7.13. The van der Waals surface area contributed by atoms with E-state index in [1.807, 2.05) is 27.7 Å². The molecule has 0 spiro atoms. The minimum atomic E-state index is -4.08. The summed E-state index contributed by atoms with van der Waals surface area (Å²) in [6, 6.07) is -0.0604. The van der Waals surface area contributed by atoms with Crippen molar-refractivity contribution in [2.24, 2.45) is 0 Å². The number of aryl methyl sites for hydroxylation is 2. The second-order valence-electron chi connectivity index (χ2n) is 5.27. The third-order valence-corrected chi connectivity index (χ3v) is 3.56. The standard InChI is InChI=1S/C15H24F3NO/c1-5-9-19-13(7-6-8-15(16,17)18)14-10(2)11(3)20-12(14)4/h13,19H,5-9H2,1-4H3. The highest BCUT2D eigenvalue weighted by Gasteiger charge is 2.28. The van der Waals surface area contributed by atoms with Crippen molar-refractivity contribution in [1.29, 1.82) is 0 Å². The fourth-order valence-electron chi connectivity index (χ4n) is 2.50. The van der Waals surface area contributed by atoms with Crippen LogP contribution in [0.2, 0.25) is 0 Å². The molecular formula is C15H24F3NO. The predicted molar refractivity (Wildman–Crippen MR) is 73.9 cm³/mol. The van der Waals surface area contributed by atoms with E-state index in [9.17, 15) is 13.2 Å². The Morgan fingerprint density at radius 3 is 2.25 bits per heavy atom. The molecule has 1 rings (SSSR count). The van der Waals surface area contributed by atoms with E-state index in [1.165, 1.54) is 0 Å². The molecule has 0 aliphatic rings. The zero-order chi connectivity index (χ0) is 15.3. The average molecular weight is 291 g/mol. The summed E-state index contributed by atoms with van der Waals surface area (Å²) < 4.78 is 42.4. The van der Waals surface area contributed by atoms with Gasteiger partial charge in [0.1, 0.15) is 11.5 Å². The maximum atomic E-state index is 12.3. The molecule has 1 N–H and O–H groups in total. The quantitative estimate of drug-likeness (QED) is 0.766. The van der Waals surface area contributed by atoms with Gasteiger partial charge in [0.2, 0.25) is 0 Å². The molecule has 20 heavy (non-hydrogen) atoms. The number of hydrogen-bond acceptors (Lipinski definition) is 2. The van der Waals surface area contributed by atoms with E-state index in [1.54, 1.807) is 0 Å². The Kier molecular flexibility index (Phi) is 6.11. The lowest BCUT2D eigenvalue weighted by Crippen LogP contribution is -2.23. The summed E-state index contributed by atoms with van der Waals surface area (Å²) in [5.74, 6) is 1.65. The van der Waals surface area contributed by atoms with Gasteiger partial charge in [-0.05, 0) is 52.1 Å². The van der Waals surface area contributed by atoms with Gasteiger partial charge in [-0.15, -0.1) is 0 Å². The van der Waals surface area contributed by atoms with E-state index < -0.39 is 12.6 Å². The molecule has 0 amide bonds. The van der Waals surface area contributed by atoms with Crippen LogP contribution < -0.4 is 5.32 Å². The first kappa shape index (κ1) is 17.1. The van der Waals surface area contributed by atoms with Crippen LogP contribution in [0.25, 0.3) is 0 Å². The zero-order valence-corrected chi connectivity index (χ0v) is 12.7. The van der Waals surface area contributed by atoms with Crippen molar-refractivity contribution < 1.29 is 17.6 Å². The highest BCUT2D eigenvalue weighted by molar-refractivity contribution is 5.34. The molecule has 0 aliphatic heterocycles. The van der Waals surface area contributed by atoms with Crippen LogP contribution in [0.15, 0.2) is 4.42 Å². The summed E-state index contributed by atoms with van der Waals surface area (Å²) in [5.41, 5.74) is 2.07. The van der Waals surface area contributed by atoms with Gasteiger partial charge in [-0.2, -0.15) is 13.2 Å².